The lowest BCUT2D eigenvalue weighted by atomic mass is 10.1. The van der Waals surface area contributed by atoms with Gasteiger partial charge >= 0.3 is 28.4 Å². The number of nitrogens with two attached hydrogens (primary N) is 6. The summed E-state index contributed by atoms with van der Waals surface area (Å²) >= 11 is 37.9. The van der Waals surface area contributed by atoms with Crippen molar-refractivity contribution in [3.8, 4) is 0 Å². The summed E-state index contributed by atoms with van der Waals surface area (Å²) in [6.07, 6.45) is -22.3. The quantitative estimate of drug-likeness (QED) is 0.0135. The van der Waals surface area contributed by atoms with Crippen molar-refractivity contribution >= 4 is 188 Å². The van der Waals surface area contributed by atoms with E-state index >= 15 is 0 Å². The Morgan fingerprint density at radius 2 is 0.603 bits per heavy atom. The Balaban J connectivity index is 0.601. The first-order valence-corrected chi connectivity index (χ1v) is 61.6. The molecule has 60 nitrogen and oxygen atoms in total. The lowest BCUT2D eigenvalue weighted by Crippen LogP contribution is -2.34. The number of nitrogens with one attached hydrogen (secondary N) is 3. The number of anilines is 6. The van der Waals surface area contributed by atoms with E-state index in [0.29, 0.717) is 12.0 Å². The summed E-state index contributed by atoms with van der Waals surface area (Å²) in [5.41, 5.74) is 29.9. The molecule has 7 aliphatic rings. The number of hydrogen-bond donors (Lipinski definition) is 9. The molecule has 7 aliphatic heterocycles. The topological polar surface area (TPSA) is 827 Å². The largest absolute Gasteiger partial charge is 0.780 e. The van der Waals surface area contributed by atoms with Gasteiger partial charge in [-0.2, -0.15) is 29.9 Å². The number of nitrogens with zero attached hydrogens (tertiary/aromatic N) is 15. The second-order valence-electron chi connectivity index (χ2n) is 34.1. The summed E-state index contributed by atoms with van der Waals surface area (Å²) in [5.74, 6) is -1.07. The minimum atomic E-state index is -5.06. The Bertz CT molecular complexity index is 7380. The van der Waals surface area contributed by atoms with Gasteiger partial charge in [-0.05, 0) is 41.0 Å². The minimum Gasteiger partial charge on any atom is -0.780 e. The SMILES string of the molecule is CC[C@H]1O[C@@H](n2cnc3c(=O)[nH]c(N)nc32)C[C@H]1OP([O-])(=S)OC[C@H]1O[C@@H](n2cc(C)c(N)nc2=O)C[C@H]1OP(=O)([S-])OC[C@H]1O[C@@H](n2cc(C)c(N)nc2=O)C[C@H]1OP([O-])(=S)OC[C@H]1O[C@@H](n2cc(C)c(N)nc2=O)C[C@H]1OP([O-])(=S)OC[C@H]1O[C@@H](n2cc(C)c(N)nc2=O)C[C@H]1OP([O-])(=S)OC[C@H]1O[C@@H](n2cc(C)c(=O)[nH]c2=O)C[C@H]1OP([O-])(=S)OC[C@H]1O[C@@H](n2cnc3c(=O)[nH]c(N)nc32)C[C@H]1OP([O-])(=S)OC. The van der Waals surface area contributed by atoms with E-state index in [2.05, 4.69) is 54.8 Å². The van der Waals surface area contributed by atoms with Crippen LogP contribution in [0.2, 0.25) is 0 Å². The molecule has 0 bridgehead atoms. The Hall–Kier alpha value is -6.90. The maximum absolute atomic E-state index is 15.0. The number of ether oxygens (including phenoxy) is 7. The summed E-state index contributed by atoms with van der Waals surface area (Å²) < 4.78 is 148. The minimum absolute atomic E-state index is 0.0112. The molecule has 16 heterocycles. The zero-order valence-corrected chi connectivity index (χ0v) is 88.9. The third kappa shape index (κ3) is 26.2. The number of H-pyrrole nitrogens is 3. The van der Waals surface area contributed by atoms with Crippen LogP contribution in [0, 0.1) is 34.6 Å². The van der Waals surface area contributed by atoms with Crippen molar-refractivity contribution in [1.29, 1.82) is 0 Å². The molecule has 74 heteroatoms. The van der Waals surface area contributed by atoms with Crippen LogP contribution in [-0.4, -0.2) is 219 Å². The van der Waals surface area contributed by atoms with Crippen LogP contribution >= 0.6 is 47.1 Å². The maximum Gasteiger partial charge on any atom is 0.351 e. The van der Waals surface area contributed by atoms with Gasteiger partial charge in [0.05, 0.1) is 101 Å². The van der Waals surface area contributed by atoms with Gasteiger partial charge < -0.3 is 173 Å². The first-order chi connectivity index (χ1) is 68.5. The first kappa shape index (κ1) is 112. The van der Waals surface area contributed by atoms with Crippen molar-refractivity contribution in [3.05, 3.63) is 155 Å². The fraction of sp³-hybridized carbons (Fsp3) is 0.583. The van der Waals surface area contributed by atoms with Gasteiger partial charge in [-0.3, -0.25) is 65.9 Å². The highest BCUT2D eigenvalue weighted by Crippen LogP contribution is 2.57. The highest BCUT2D eigenvalue weighted by atomic mass is 32.7. The van der Waals surface area contributed by atoms with E-state index in [4.69, 9.17) is 214 Å². The number of rotatable bonds is 41. The fourth-order valence-corrected chi connectivity index (χ4v) is 26.5. The molecule has 0 amide bonds. The maximum atomic E-state index is 15.0. The second kappa shape index (κ2) is 44.7. The van der Waals surface area contributed by atoms with Gasteiger partial charge in [0, 0.05) is 111 Å². The molecule has 146 heavy (non-hydrogen) atoms. The molecule has 800 valence electrons. The van der Waals surface area contributed by atoms with Crippen molar-refractivity contribution in [1.82, 2.24) is 86.8 Å². The predicted molar refractivity (Wildman–Crippen MR) is 519 cm³/mol. The average Bonchev–Trinajstić information content (AvgIpc) is 1.62. The third-order valence-corrected chi connectivity index (χ3v) is 35.1. The number of aromatic amines is 3. The number of aryl methyl sites for hydroxylation is 5. The molecule has 7 unspecified atom stereocenters. The molecular formula is C72H92N24O36P7S7-7. The molecule has 9 aromatic rings. The highest BCUT2D eigenvalue weighted by Gasteiger charge is 2.50. The summed E-state index contributed by atoms with van der Waals surface area (Å²) in [5, 5.41) is 0. The lowest BCUT2D eigenvalue weighted by molar-refractivity contribution is -0.221. The van der Waals surface area contributed by atoms with E-state index in [1.165, 1.54) is 74.3 Å². The smallest absolute Gasteiger partial charge is 0.351 e. The van der Waals surface area contributed by atoms with Gasteiger partial charge in [0.2, 0.25) is 11.9 Å². The molecule has 16 rings (SSSR count). The molecule has 0 aliphatic carbocycles. The Kier molecular flexibility index (Phi) is 34.2. The van der Waals surface area contributed by atoms with Gasteiger partial charge in [0.25, 0.3) is 16.7 Å². The summed E-state index contributed by atoms with van der Waals surface area (Å²) in [7, 11) is 1.03. The predicted octanol–water partition coefficient (Wildman–Crippen LogP) is -3.11. The summed E-state index contributed by atoms with van der Waals surface area (Å²) in [6, 6.07) is 0. The Labute approximate surface area is 857 Å². The first-order valence-electron chi connectivity index (χ1n) is 43.7. The summed E-state index contributed by atoms with van der Waals surface area (Å²) in [6.45, 7) is -29.8. The van der Waals surface area contributed by atoms with Gasteiger partial charge in [-0.1, -0.05) is 77.8 Å². The van der Waals surface area contributed by atoms with Crippen molar-refractivity contribution in [2.24, 2.45) is 0 Å². The molecule has 0 saturated carbocycles. The zero-order chi connectivity index (χ0) is 105. The standard InChI is InChI=1S/C72H99N24O36P7S7/c1-8-34-35(9-53(119-34)95-27-79-55-61(95)85-66(77)87-64(55)98)127-134(106,141)113-22-43-37(10-48(120-43)90-16-29(2)57(73)81-68(90)100)128-136(108,143)115-23-44-38(11-49(121-44)91-17-30(3)58(74)82-69(91)101)129-137(109,144)116-24-45-39(12-50(122-45)92-18-31(4)59(75)83-70(92)102)130-138(110,145)117-25-46-40(13-51(123-46)93-19-32(5)60(76)84-71(93)103)131-139(111,146)118-26-47-41(14-52(124-47)94-20-33(6)63(97)89-72(94)104)132-135(107,142)114-21-42-36(126-133(105,140)112-7)15-54(125-42)96-28-80-56-62(96)86-67(78)88-65(56)99/h16-20,27-28,34-54H,8-15,21-26H2,1-7H3,(H,105,140)(H,106,141)(H,107,142)(H,108,143)(H,109,144)(H,110,145)(H,111,146)(H2,73,81,100)(H2,74,82,101)(H2,75,83,102)(H2,76,84,103)(H,89,97,104)(H3,77,85,87,98)(H3,78,86,88,99)/p-7/t34-,35-,36-,37-,38-,39-,40-,41-,42-,43-,44-,45-,46-,47-,48-,49-,50-,51-,52-,53-,54-,133?,134?,135?,136?,137?,138?,139?/m1/s1. The zero-order valence-electron chi connectivity index (χ0n) is 76.9. The average molecular weight is 2310 g/mol. The summed E-state index contributed by atoms with van der Waals surface area (Å²) in [4.78, 5) is 231. The van der Waals surface area contributed by atoms with Crippen LogP contribution in [0.1, 0.15) is 130 Å². The van der Waals surface area contributed by atoms with Crippen LogP contribution in [0.15, 0.2) is 82.0 Å². The Morgan fingerprint density at radius 1 is 0.356 bits per heavy atom. The second-order valence-corrected chi connectivity index (χ2v) is 53.1. The normalized spacial score (nSPS) is 29.4. The fourth-order valence-electron chi connectivity index (χ4n) is 16.8. The molecule has 7 fully saturated rings. The molecule has 0 spiro atoms. The number of hydrogen-bond acceptors (Lipinski definition) is 57. The van der Waals surface area contributed by atoms with E-state index in [1.807, 2.05) is 0 Å². The van der Waals surface area contributed by atoms with Gasteiger partial charge in [0.15, 0.2) is 29.1 Å². The van der Waals surface area contributed by atoms with Crippen molar-refractivity contribution in [2.45, 2.75) is 222 Å². The van der Waals surface area contributed by atoms with Crippen LogP contribution in [0.4, 0.5) is 35.2 Å². The highest BCUT2D eigenvalue weighted by molar-refractivity contribution is 8.32. The van der Waals surface area contributed by atoms with Crippen LogP contribution in [0.5, 0.6) is 0 Å². The molecule has 0 aromatic carbocycles. The van der Waals surface area contributed by atoms with Crippen molar-refractivity contribution < 1.29 is 130 Å². The number of imidazole rings is 2. The third-order valence-electron chi connectivity index (χ3n) is 24.0. The molecular weight excluding hydrogens is 2220 g/mol. The number of fused-ring (bicyclic) bond motifs is 2. The van der Waals surface area contributed by atoms with E-state index in [-0.39, 0.29) is 99.0 Å². The van der Waals surface area contributed by atoms with Crippen LogP contribution < -0.4 is 109 Å². The molecule has 0 radical (unpaired) electrons. The monoisotopic (exact) mass is 2310 g/mol. The van der Waals surface area contributed by atoms with Gasteiger partial charge in [-0.15, -0.1) is 0 Å². The van der Waals surface area contributed by atoms with Crippen molar-refractivity contribution in [2.75, 3.05) is 81.2 Å². The number of nitrogen functional groups attached to an aromatic ring is 6. The van der Waals surface area contributed by atoms with Crippen LogP contribution in [0.3, 0.4) is 0 Å². The van der Waals surface area contributed by atoms with E-state index in [9.17, 15) is 72.3 Å². The lowest BCUT2D eigenvalue weighted by Gasteiger charge is -2.36. The van der Waals surface area contributed by atoms with Gasteiger partial charge in [-0.25, -0.2) is 33.9 Å². The van der Waals surface area contributed by atoms with E-state index in [0.717, 1.165) is 36.1 Å². The molecule has 9 aromatic heterocycles. The molecule has 15 N–H and O–H groups in total. The number of aromatic nitrogens is 18. The van der Waals surface area contributed by atoms with E-state index in [1.54, 1.807) is 13.8 Å². The van der Waals surface area contributed by atoms with Gasteiger partial charge in [0.1, 0.15) is 144 Å². The van der Waals surface area contributed by atoms with Crippen LogP contribution in [0.25, 0.3) is 22.3 Å². The van der Waals surface area contributed by atoms with Crippen LogP contribution in [-0.2, 0) is 184 Å². The molecule has 7 saturated heterocycles. The molecule has 28 atom stereocenters. The Morgan fingerprint density at radius 3 is 0.890 bits per heavy atom. The van der Waals surface area contributed by atoms with Crippen molar-refractivity contribution in [3.63, 3.8) is 0 Å². The van der Waals surface area contributed by atoms with E-state index < -0.39 is 287 Å².